The van der Waals surface area contributed by atoms with Gasteiger partial charge in [0.15, 0.2) is 6.10 Å². The number of oxime groups is 1. The maximum atomic E-state index is 15.0. The minimum absolute atomic E-state index is 0.170. The number of carbonyl (C=O) groups is 1. The van der Waals surface area contributed by atoms with E-state index in [1.54, 1.807) is 54.6 Å². The van der Waals surface area contributed by atoms with Crippen molar-refractivity contribution in [1.82, 2.24) is 20.0 Å². The highest BCUT2D eigenvalue weighted by molar-refractivity contribution is 5.99. The molecule has 12 heteroatoms. The van der Waals surface area contributed by atoms with Crippen LogP contribution >= 0.6 is 0 Å². The number of rotatable bonds is 10. The molecule has 36 heavy (non-hydrogen) atoms. The van der Waals surface area contributed by atoms with Crippen LogP contribution in [0.1, 0.15) is 12.1 Å². The number of halogens is 1. The van der Waals surface area contributed by atoms with Crippen LogP contribution in [0.5, 0.6) is 0 Å². The van der Waals surface area contributed by atoms with Crippen molar-refractivity contribution >= 4 is 17.5 Å². The Balaban J connectivity index is 1.21. The molecule has 2 aliphatic rings. The molecule has 1 aromatic carbocycles. The van der Waals surface area contributed by atoms with Crippen molar-refractivity contribution in [2.45, 2.75) is 25.2 Å². The van der Waals surface area contributed by atoms with Gasteiger partial charge in [-0.2, -0.15) is 0 Å². The van der Waals surface area contributed by atoms with Gasteiger partial charge in [-0.25, -0.2) is 13.9 Å². The van der Waals surface area contributed by atoms with E-state index in [1.165, 1.54) is 11.0 Å². The number of hydrogen-bond donors (Lipinski definition) is 0. The Morgan fingerprint density at radius 2 is 2.11 bits per heavy atom. The van der Waals surface area contributed by atoms with E-state index in [0.29, 0.717) is 61.0 Å². The Kier molecular flexibility index (Phi) is 7.14. The Bertz CT molecular complexity index is 1220. The maximum Gasteiger partial charge on any atom is 0.414 e. The van der Waals surface area contributed by atoms with Gasteiger partial charge in [-0.1, -0.05) is 16.4 Å². The van der Waals surface area contributed by atoms with E-state index < -0.39 is 18.0 Å². The highest BCUT2D eigenvalue weighted by atomic mass is 19.1. The summed E-state index contributed by atoms with van der Waals surface area (Å²) in [4.78, 5) is 23.6. The molecule has 11 nitrogen and oxygen atoms in total. The molecule has 4 heterocycles. The number of carbonyl (C=O) groups excluding carboxylic acids is 1. The molecule has 1 amide bonds. The first kappa shape index (κ1) is 23.8. The molecule has 3 aromatic rings. The van der Waals surface area contributed by atoms with Gasteiger partial charge >= 0.3 is 6.09 Å². The summed E-state index contributed by atoms with van der Waals surface area (Å²) < 4.78 is 32.5. The fraction of sp³-hybridized carbons (Fsp3) is 0.375. The third-order valence-corrected chi connectivity index (χ3v) is 5.84. The van der Waals surface area contributed by atoms with Crippen LogP contribution in [-0.2, 0) is 25.6 Å². The monoisotopic (exact) mass is 496 g/mol. The lowest BCUT2D eigenvalue weighted by Gasteiger charge is -2.14. The zero-order chi connectivity index (χ0) is 24.9. The highest BCUT2D eigenvalue weighted by Gasteiger charge is 2.33. The normalized spacial score (nSPS) is 19.3. The number of benzene rings is 1. The maximum absolute atomic E-state index is 15.0. The molecule has 1 saturated heterocycles. The van der Waals surface area contributed by atoms with Gasteiger partial charge in [0, 0.05) is 37.1 Å². The minimum atomic E-state index is -0.528. The van der Waals surface area contributed by atoms with E-state index in [-0.39, 0.29) is 12.6 Å². The second-order valence-electron chi connectivity index (χ2n) is 8.37. The molecule has 0 bridgehead atoms. The first-order valence-corrected chi connectivity index (χ1v) is 11.5. The van der Waals surface area contributed by atoms with Gasteiger partial charge in [-0.3, -0.25) is 9.88 Å². The van der Waals surface area contributed by atoms with Gasteiger partial charge in [-0.15, -0.1) is 5.10 Å². The van der Waals surface area contributed by atoms with Crippen LogP contribution in [0, 0.1) is 5.82 Å². The largest absolute Gasteiger partial charge is 0.442 e. The summed E-state index contributed by atoms with van der Waals surface area (Å²) in [5.41, 5.74) is 2.77. The summed E-state index contributed by atoms with van der Waals surface area (Å²) in [6.07, 6.45) is 4.31. The second-order valence-corrected chi connectivity index (χ2v) is 8.37. The Hall–Kier alpha value is -3.90. The van der Waals surface area contributed by atoms with E-state index in [0.717, 1.165) is 0 Å². The van der Waals surface area contributed by atoms with Crippen LogP contribution in [0.2, 0.25) is 0 Å². The average molecular weight is 496 g/mol. The molecule has 0 radical (unpaired) electrons. The predicted molar refractivity (Wildman–Crippen MR) is 126 cm³/mol. The zero-order valence-electron chi connectivity index (χ0n) is 19.6. The molecule has 0 N–H and O–H groups in total. The van der Waals surface area contributed by atoms with Crippen LogP contribution < -0.4 is 4.90 Å². The van der Waals surface area contributed by atoms with Crippen molar-refractivity contribution in [3.63, 3.8) is 0 Å². The summed E-state index contributed by atoms with van der Waals surface area (Å²) >= 11 is 0. The molecule has 0 aliphatic carbocycles. The average Bonchev–Trinajstić information content (AvgIpc) is 3.64. The lowest BCUT2D eigenvalue weighted by Crippen LogP contribution is -2.26. The van der Waals surface area contributed by atoms with Gasteiger partial charge in [0.2, 0.25) is 0 Å². The first-order valence-electron chi connectivity index (χ1n) is 11.5. The van der Waals surface area contributed by atoms with Crippen molar-refractivity contribution in [1.29, 1.82) is 0 Å². The number of methoxy groups -OCH3 is 1. The Morgan fingerprint density at radius 1 is 1.19 bits per heavy atom. The number of aromatic nitrogens is 4. The van der Waals surface area contributed by atoms with E-state index >= 15 is 4.39 Å². The van der Waals surface area contributed by atoms with Gasteiger partial charge in [-0.05, 0) is 24.3 Å². The van der Waals surface area contributed by atoms with Crippen LogP contribution in [0.3, 0.4) is 0 Å². The lowest BCUT2D eigenvalue weighted by atomic mass is 10.0. The third-order valence-electron chi connectivity index (χ3n) is 5.84. The quantitative estimate of drug-likeness (QED) is 0.394. The van der Waals surface area contributed by atoms with E-state index in [9.17, 15) is 4.79 Å². The standard InChI is InChI=1S/C24H25FN6O5/c1-33-8-9-34-15-18-11-23(28-36-18)22-5-2-16(12-26-22)20-4-3-17(10-21(20)25)31-14-19(35-24(31)32)13-30-7-6-27-29-30/h2-7,10,12,18-19H,8-9,11,13-15H2,1H3/t18-,19-/m0/s1. The number of pyridine rings is 1. The molecule has 2 atom stereocenters. The number of hydrogen-bond acceptors (Lipinski definition) is 9. The second kappa shape index (κ2) is 10.8. The molecular weight excluding hydrogens is 471 g/mol. The molecule has 2 aliphatic heterocycles. The first-order chi connectivity index (χ1) is 17.6. The Morgan fingerprint density at radius 3 is 2.86 bits per heavy atom. The summed E-state index contributed by atoms with van der Waals surface area (Å²) in [6, 6.07) is 8.21. The zero-order valence-corrected chi connectivity index (χ0v) is 19.6. The SMILES string of the molecule is COCCOC[C@@H]1CC(c2ccc(-c3ccc(N4C[C@H](Cn5ccnn5)OC4=O)cc3F)cn2)=NO1. The molecule has 0 saturated carbocycles. The van der Waals surface area contributed by atoms with Crippen molar-refractivity contribution < 1.29 is 28.2 Å². The topological polar surface area (TPSA) is 113 Å². The van der Waals surface area contributed by atoms with Gasteiger partial charge in [0.25, 0.3) is 0 Å². The summed E-state index contributed by atoms with van der Waals surface area (Å²) in [5, 5.41) is 11.7. The summed E-state index contributed by atoms with van der Waals surface area (Å²) in [5.74, 6) is -0.468. The van der Waals surface area contributed by atoms with Crippen molar-refractivity contribution in [3.8, 4) is 11.1 Å². The Labute approximate surface area is 206 Å². The molecule has 0 spiro atoms. The summed E-state index contributed by atoms with van der Waals surface area (Å²) in [6.45, 7) is 2.09. The van der Waals surface area contributed by atoms with Gasteiger partial charge < -0.3 is 19.0 Å². The summed E-state index contributed by atoms with van der Waals surface area (Å²) in [7, 11) is 1.62. The molecule has 188 valence electrons. The lowest BCUT2D eigenvalue weighted by molar-refractivity contribution is -0.0110. The smallest absolute Gasteiger partial charge is 0.414 e. The van der Waals surface area contributed by atoms with Gasteiger partial charge in [0.05, 0.1) is 50.5 Å². The molecular formula is C24H25FN6O5. The molecule has 0 unspecified atom stereocenters. The van der Waals surface area contributed by atoms with Crippen molar-refractivity contribution in [2.75, 3.05) is 38.4 Å². The number of ether oxygens (including phenoxy) is 3. The minimum Gasteiger partial charge on any atom is -0.442 e. The van der Waals surface area contributed by atoms with Crippen LogP contribution in [-0.4, -0.2) is 77.5 Å². The molecule has 1 fully saturated rings. The van der Waals surface area contributed by atoms with Crippen LogP contribution in [0.25, 0.3) is 11.1 Å². The number of cyclic esters (lactones) is 1. The van der Waals surface area contributed by atoms with Crippen molar-refractivity contribution in [3.05, 3.63) is 60.4 Å². The third kappa shape index (κ3) is 5.34. The van der Waals surface area contributed by atoms with E-state index in [2.05, 4.69) is 20.5 Å². The number of amides is 1. The van der Waals surface area contributed by atoms with Crippen molar-refractivity contribution in [2.24, 2.45) is 5.16 Å². The molecule has 2 aromatic heterocycles. The van der Waals surface area contributed by atoms with Crippen LogP contribution in [0.15, 0.2) is 54.1 Å². The highest BCUT2D eigenvalue weighted by Crippen LogP contribution is 2.29. The fourth-order valence-electron chi connectivity index (χ4n) is 4.02. The predicted octanol–water partition coefficient (Wildman–Crippen LogP) is 2.66. The number of anilines is 1. The van der Waals surface area contributed by atoms with E-state index in [4.69, 9.17) is 19.0 Å². The molecule has 5 rings (SSSR count). The van der Waals surface area contributed by atoms with E-state index in [1.807, 2.05) is 0 Å². The fourth-order valence-corrected chi connectivity index (χ4v) is 4.02. The number of nitrogens with zero attached hydrogens (tertiary/aromatic N) is 6. The van der Waals surface area contributed by atoms with Crippen LogP contribution in [0.4, 0.5) is 14.9 Å². The van der Waals surface area contributed by atoms with Gasteiger partial charge in [0.1, 0.15) is 17.6 Å².